The second-order valence-corrected chi connectivity index (χ2v) is 2.67. The quantitative estimate of drug-likeness (QED) is 0.421. The van der Waals surface area contributed by atoms with E-state index in [0.717, 1.165) is 6.42 Å². The molecule has 0 fully saturated rings. The molecule has 5 nitrogen and oxygen atoms in total. The average Bonchev–Trinajstić information content (AvgIpc) is 2.18. The first kappa shape index (κ1) is 13.4. The monoisotopic (exact) mass is 205 g/mol. The van der Waals surface area contributed by atoms with Crippen molar-refractivity contribution in [3.63, 3.8) is 0 Å². The number of nitrogens with two attached hydrogens (primary N) is 1. The van der Waals surface area contributed by atoms with Crippen LogP contribution in [0.5, 0.6) is 0 Å². The summed E-state index contributed by atoms with van der Waals surface area (Å²) in [4.78, 5) is 10.9. The highest BCUT2D eigenvalue weighted by Crippen LogP contribution is 1.84. The third-order valence-corrected chi connectivity index (χ3v) is 1.32. The number of ether oxygens (including phenoxy) is 3. The minimum atomic E-state index is -0.376. The van der Waals surface area contributed by atoms with E-state index < -0.39 is 0 Å². The van der Waals surface area contributed by atoms with Crippen LogP contribution in [0.25, 0.3) is 0 Å². The van der Waals surface area contributed by atoms with Crippen molar-refractivity contribution in [2.75, 3.05) is 39.6 Å². The number of carbonyl (C=O) groups excluding carboxylic acids is 1. The molecule has 5 heteroatoms. The molecule has 0 atom stereocenters. The van der Waals surface area contributed by atoms with E-state index in [1.807, 2.05) is 6.92 Å². The average molecular weight is 205 g/mol. The Bertz CT molecular complexity index is 141. The van der Waals surface area contributed by atoms with Crippen molar-refractivity contribution >= 4 is 5.97 Å². The largest absolute Gasteiger partial charge is 0.462 e. The summed E-state index contributed by atoms with van der Waals surface area (Å²) in [6, 6.07) is 0. The first-order valence-corrected chi connectivity index (χ1v) is 4.82. The summed E-state index contributed by atoms with van der Waals surface area (Å²) in [5, 5.41) is 0. The van der Waals surface area contributed by atoms with Gasteiger partial charge in [0.05, 0.1) is 13.2 Å². The zero-order chi connectivity index (χ0) is 10.6. The van der Waals surface area contributed by atoms with Gasteiger partial charge in [-0.05, 0) is 6.42 Å². The van der Waals surface area contributed by atoms with Crippen LogP contribution in [0.1, 0.15) is 13.3 Å². The number of hydrogen-bond acceptors (Lipinski definition) is 5. The molecule has 0 saturated heterocycles. The van der Waals surface area contributed by atoms with Crippen LogP contribution in [0.2, 0.25) is 0 Å². The fraction of sp³-hybridized carbons (Fsp3) is 0.889. The first-order valence-electron chi connectivity index (χ1n) is 4.82. The molecular weight excluding hydrogens is 186 g/mol. The van der Waals surface area contributed by atoms with E-state index in [0.29, 0.717) is 26.4 Å². The van der Waals surface area contributed by atoms with E-state index in [9.17, 15) is 4.79 Å². The van der Waals surface area contributed by atoms with Crippen LogP contribution in [0.3, 0.4) is 0 Å². The van der Waals surface area contributed by atoms with Gasteiger partial charge in [-0.15, -0.1) is 0 Å². The molecule has 14 heavy (non-hydrogen) atoms. The number of hydrogen-bond donors (Lipinski definition) is 1. The van der Waals surface area contributed by atoms with Gasteiger partial charge >= 0.3 is 5.97 Å². The van der Waals surface area contributed by atoms with Gasteiger partial charge in [0.25, 0.3) is 0 Å². The van der Waals surface area contributed by atoms with Crippen molar-refractivity contribution in [1.29, 1.82) is 0 Å². The number of esters is 1. The minimum absolute atomic E-state index is 0.0367. The predicted octanol–water partition coefficient (Wildman–Crippen LogP) is -0.0685. The maximum absolute atomic E-state index is 10.9. The van der Waals surface area contributed by atoms with Gasteiger partial charge in [-0.3, -0.25) is 0 Å². The van der Waals surface area contributed by atoms with Gasteiger partial charge in [0.15, 0.2) is 0 Å². The topological polar surface area (TPSA) is 70.8 Å². The van der Waals surface area contributed by atoms with E-state index in [1.165, 1.54) is 0 Å². The Kier molecular flexibility index (Phi) is 9.95. The Morgan fingerprint density at radius 1 is 1.14 bits per heavy atom. The molecule has 0 aliphatic heterocycles. The van der Waals surface area contributed by atoms with Crippen LogP contribution in [0.15, 0.2) is 0 Å². The SMILES string of the molecule is CCCOCCOC(=O)COCCN. The summed E-state index contributed by atoms with van der Waals surface area (Å²) in [6.45, 7) is 4.19. The molecule has 0 radical (unpaired) electrons. The second kappa shape index (κ2) is 10.4. The van der Waals surface area contributed by atoms with Crippen molar-refractivity contribution in [3.05, 3.63) is 0 Å². The van der Waals surface area contributed by atoms with Crippen LogP contribution in [0.4, 0.5) is 0 Å². The van der Waals surface area contributed by atoms with Gasteiger partial charge in [0, 0.05) is 13.2 Å². The molecule has 0 spiro atoms. The molecular formula is C9H19NO4. The Hall–Kier alpha value is -0.650. The molecule has 0 rings (SSSR count). The molecule has 0 saturated carbocycles. The zero-order valence-corrected chi connectivity index (χ0v) is 8.66. The fourth-order valence-electron chi connectivity index (χ4n) is 0.741. The van der Waals surface area contributed by atoms with E-state index >= 15 is 0 Å². The van der Waals surface area contributed by atoms with E-state index in [2.05, 4.69) is 0 Å². The summed E-state index contributed by atoms with van der Waals surface area (Å²) in [5.41, 5.74) is 5.17. The molecule has 0 amide bonds. The van der Waals surface area contributed by atoms with Crippen molar-refractivity contribution in [3.8, 4) is 0 Å². The lowest BCUT2D eigenvalue weighted by Crippen LogP contribution is -2.18. The molecule has 0 aliphatic rings. The van der Waals surface area contributed by atoms with Crippen molar-refractivity contribution < 1.29 is 19.0 Å². The summed E-state index contributed by atoms with van der Waals surface area (Å²) in [5.74, 6) is -0.376. The highest BCUT2D eigenvalue weighted by atomic mass is 16.6. The van der Waals surface area contributed by atoms with E-state index in [-0.39, 0.29) is 19.2 Å². The van der Waals surface area contributed by atoms with Crippen molar-refractivity contribution in [2.24, 2.45) is 5.73 Å². The Morgan fingerprint density at radius 3 is 2.57 bits per heavy atom. The van der Waals surface area contributed by atoms with Gasteiger partial charge in [0.1, 0.15) is 13.2 Å². The first-order chi connectivity index (χ1) is 6.81. The van der Waals surface area contributed by atoms with Gasteiger partial charge < -0.3 is 19.9 Å². The van der Waals surface area contributed by atoms with E-state index in [1.54, 1.807) is 0 Å². The van der Waals surface area contributed by atoms with Crippen molar-refractivity contribution in [1.82, 2.24) is 0 Å². The molecule has 2 N–H and O–H groups in total. The minimum Gasteiger partial charge on any atom is -0.462 e. The van der Waals surface area contributed by atoms with Crippen LogP contribution in [-0.4, -0.2) is 45.5 Å². The summed E-state index contributed by atoms with van der Waals surface area (Å²) in [7, 11) is 0. The van der Waals surface area contributed by atoms with Crippen LogP contribution in [-0.2, 0) is 19.0 Å². The Morgan fingerprint density at radius 2 is 1.93 bits per heavy atom. The summed E-state index contributed by atoms with van der Waals surface area (Å²) >= 11 is 0. The molecule has 0 aromatic rings. The van der Waals surface area contributed by atoms with Crippen LogP contribution in [0, 0.1) is 0 Å². The van der Waals surface area contributed by atoms with Gasteiger partial charge in [-0.25, -0.2) is 4.79 Å². The molecule has 0 aromatic carbocycles. The molecule has 0 aliphatic carbocycles. The number of rotatable bonds is 9. The lowest BCUT2D eigenvalue weighted by atomic mass is 10.5. The van der Waals surface area contributed by atoms with E-state index in [4.69, 9.17) is 19.9 Å². The summed E-state index contributed by atoms with van der Waals surface area (Å²) in [6.07, 6.45) is 0.966. The Labute approximate surface area is 84.5 Å². The zero-order valence-electron chi connectivity index (χ0n) is 8.66. The van der Waals surface area contributed by atoms with Gasteiger partial charge in [-0.1, -0.05) is 6.92 Å². The van der Waals surface area contributed by atoms with Gasteiger partial charge in [-0.2, -0.15) is 0 Å². The highest BCUT2D eigenvalue weighted by Gasteiger charge is 2.01. The molecule has 0 aromatic heterocycles. The molecule has 84 valence electrons. The molecule has 0 bridgehead atoms. The normalized spacial score (nSPS) is 10.1. The van der Waals surface area contributed by atoms with Crippen LogP contribution < -0.4 is 5.73 Å². The van der Waals surface area contributed by atoms with Gasteiger partial charge in [0.2, 0.25) is 0 Å². The Balaban J connectivity index is 3.10. The van der Waals surface area contributed by atoms with Crippen molar-refractivity contribution in [2.45, 2.75) is 13.3 Å². The lowest BCUT2D eigenvalue weighted by molar-refractivity contribution is -0.150. The fourth-order valence-corrected chi connectivity index (χ4v) is 0.741. The number of carbonyl (C=O) groups is 1. The maximum atomic E-state index is 10.9. The smallest absolute Gasteiger partial charge is 0.332 e. The standard InChI is InChI=1S/C9H19NO4/c1-2-4-12-6-7-14-9(11)8-13-5-3-10/h2-8,10H2,1H3. The third kappa shape index (κ3) is 9.44. The van der Waals surface area contributed by atoms with Crippen LogP contribution >= 0.6 is 0 Å². The summed E-state index contributed by atoms with van der Waals surface area (Å²) < 4.78 is 14.8. The third-order valence-electron chi connectivity index (χ3n) is 1.32. The highest BCUT2D eigenvalue weighted by molar-refractivity contribution is 5.70. The second-order valence-electron chi connectivity index (χ2n) is 2.67. The molecule has 0 unspecified atom stereocenters. The lowest BCUT2D eigenvalue weighted by Gasteiger charge is -2.05. The predicted molar refractivity (Wildman–Crippen MR) is 51.9 cm³/mol. The maximum Gasteiger partial charge on any atom is 0.332 e. The molecule has 0 heterocycles.